The van der Waals surface area contributed by atoms with Crippen LogP contribution < -0.4 is 5.56 Å². The SMILES string of the molecule is C=C(Cl)Cn1c(CCC(=O)O)nc2ccccc2c1=O. The van der Waals surface area contributed by atoms with Crippen molar-refractivity contribution >= 4 is 28.5 Å². The smallest absolute Gasteiger partial charge is 0.303 e. The monoisotopic (exact) mass is 292 g/mol. The van der Waals surface area contributed by atoms with Crippen molar-refractivity contribution in [2.45, 2.75) is 19.4 Å². The molecule has 0 bridgehead atoms. The van der Waals surface area contributed by atoms with Gasteiger partial charge in [0.2, 0.25) is 0 Å². The van der Waals surface area contributed by atoms with E-state index in [4.69, 9.17) is 16.7 Å². The van der Waals surface area contributed by atoms with Crippen molar-refractivity contribution in [3.8, 4) is 0 Å². The molecule has 0 fully saturated rings. The molecule has 0 unspecified atom stereocenters. The highest BCUT2D eigenvalue weighted by atomic mass is 35.5. The molecule has 1 aromatic heterocycles. The number of aliphatic carboxylic acids is 1. The molecular formula is C14H13ClN2O3. The molecule has 1 heterocycles. The Labute approximate surface area is 120 Å². The van der Waals surface area contributed by atoms with Gasteiger partial charge in [-0.1, -0.05) is 30.3 Å². The van der Waals surface area contributed by atoms with Gasteiger partial charge in [-0.05, 0) is 12.1 Å². The number of carboxylic acid groups (broad SMARTS) is 1. The van der Waals surface area contributed by atoms with Crippen molar-refractivity contribution in [1.29, 1.82) is 0 Å². The molecule has 6 heteroatoms. The van der Waals surface area contributed by atoms with Crippen LogP contribution in [-0.4, -0.2) is 20.6 Å². The molecule has 0 spiro atoms. The Morgan fingerprint density at radius 1 is 1.40 bits per heavy atom. The molecule has 0 aliphatic rings. The maximum atomic E-state index is 12.4. The standard InChI is InChI=1S/C14H13ClN2O3/c1-9(15)8-17-12(6-7-13(18)19)16-11-5-3-2-4-10(11)14(17)20/h2-5H,1,6-8H2,(H,18,19). The van der Waals surface area contributed by atoms with Crippen molar-refractivity contribution in [2.75, 3.05) is 0 Å². The van der Waals surface area contributed by atoms with Crippen molar-refractivity contribution in [2.24, 2.45) is 0 Å². The van der Waals surface area contributed by atoms with Crippen LogP contribution in [0, 0.1) is 0 Å². The molecule has 2 aromatic rings. The predicted molar refractivity (Wildman–Crippen MR) is 77.0 cm³/mol. The fourth-order valence-electron chi connectivity index (χ4n) is 1.96. The number of hydrogen-bond donors (Lipinski definition) is 1. The van der Waals surface area contributed by atoms with Gasteiger partial charge in [-0.3, -0.25) is 14.2 Å². The maximum Gasteiger partial charge on any atom is 0.303 e. The molecule has 0 radical (unpaired) electrons. The maximum absolute atomic E-state index is 12.4. The molecular weight excluding hydrogens is 280 g/mol. The first-order valence-electron chi connectivity index (χ1n) is 6.02. The number of fused-ring (bicyclic) bond motifs is 1. The summed E-state index contributed by atoms with van der Waals surface area (Å²) < 4.78 is 1.38. The summed E-state index contributed by atoms with van der Waals surface area (Å²) in [5.41, 5.74) is 0.312. The van der Waals surface area contributed by atoms with E-state index in [1.807, 2.05) is 0 Å². The first-order chi connectivity index (χ1) is 9.49. The van der Waals surface area contributed by atoms with E-state index < -0.39 is 5.97 Å². The number of rotatable bonds is 5. The Bertz CT molecular complexity index is 737. The molecule has 104 valence electrons. The summed E-state index contributed by atoms with van der Waals surface area (Å²) in [6.07, 6.45) is 0.0686. The third kappa shape index (κ3) is 3.05. The zero-order valence-corrected chi connectivity index (χ0v) is 11.4. The van der Waals surface area contributed by atoms with Crippen LogP contribution in [0.5, 0.6) is 0 Å². The van der Waals surface area contributed by atoms with Gasteiger partial charge in [-0.2, -0.15) is 0 Å². The quantitative estimate of drug-likeness (QED) is 0.916. The lowest BCUT2D eigenvalue weighted by molar-refractivity contribution is -0.137. The van der Waals surface area contributed by atoms with Crippen molar-refractivity contribution in [1.82, 2.24) is 9.55 Å². The van der Waals surface area contributed by atoms with Gasteiger partial charge in [0, 0.05) is 11.5 Å². The van der Waals surface area contributed by atoms with E-state index in [9.17, 15) is 9.59 Å². The van der Waals surface area contributed by atoms with Crippen LogP contribution in [0.15, 0.2) is 40.7 Å². The number of carbonyl (C=O) groups is 1. The lowest BCUT2D eigenvalue weighted by Gasteiger charge is -2.12. The number of aryl methyl sites for hydroxylation is 1. The predicted octanol–water partition coefficient (Wildman–Crippen LogP) is 2.17. The van der Waals surface area contributed by atoms with Gasteiger partial charge < -0.3 is 5.11 Å². The number of aromatic nitrogens is 2. The highest BCUT2D eigenvalue weighted by Crippen LogP contribution is 2.11. The Balaban J connectivity index is 2.59. The van der Waals surface area contributed by atoms with Crippen LogP contribution in [-0.2, 0) is 17.8 Å². The number of hydrogen-bond acceptors (Lipinski definition) is 3. The van der Waals surface area contributed by atoms with Gasteiger partial charge in [0.1, 0.15) is 5.82 Å². The second-order valence-corrected chi connectivity index (χ2v) is 4.88. The summed E-state index contributed by atoms with van der Waals surface area (Å²) in [4.78, 5) is 27.5. The second-order valence-electron chi connectivity index (χ2n) is 4.35. The normalized spacial score (nSPS) is 10.7. The van der Waals surface area contributed by atoms with Gasteiger partial charge in [-0.15, -0.1) is 0 Å². The van der Waals surface area contributed by atoms with Crippen LogP contribution >= 0.6 is 11.6 Å². The van der Waals surface area contributed by atoms with E-state index >= 15 is 0 Å². The lowest BCUT2D eigenvalue weighted by Crippen LogP contribution is -2.26. The first kappa shape index (κ1) is 14.3. The number of nitrogens with zero attached hydrogens (tertiary/aromatic N) is 2. The number of para-hydroxylation sites is 1. The average Bonchev–Trinajstić information content (AvgIpc) is 2.39. The van der Waals surface area contributed by atoms with Crippen LogP contribution in [0.2, 0.25) is 0 Å². The van der Waals surface area contributed by atoms with Gasteiger partial charge >= 0.3 is 5.97 Å². The molecule has 0 amide bonds. The first-order valence-corrected chi connectivity index (χ1v) is 6.40. The van der Waals surface area contributed by atoms with Crippen LogP contribution in [0.3, 0.4) is 0 Å². The molecule has 1 N–H and O–H groups in total. The van der Waals surface area contributed by atoms with E-state index in [1.165, 1.54) is 4.57 Å². The minimum atomic E-state index is -0.941. The third-order valence-corrected chi connectivity index (χ3v) is 2.95. The van der Waals surface area contributed by atoms with Crippen LogP contribution in [0.4, 0.5) is 0 Å². The van der Waals surface area contributed by atoms with Crippen molar-refractivity contribution < 1.29 is 9.90 Å². The highest BCUT2D eigenvalue weighted by Gasteiger charge is 2.12. The van der Waals surface area contributed by atoms with E-state index in [-0.39, 0.29) is 24.9 Å². The van der Waals surface area contributed by atoms with E-state index in [0.29, 0.717) is 21.8 Å². The minimum absolute atomic E-state index is 0.0977. The Morgan fingerprint density at radius 3 is 2.75 bits per heavy atom. The van der Waals surface area contributed by atoms with E-state index in [2.05, 4.69) is 11.6 Å². The van der Waals surface area contributed by atoms with Gasteiger partial charge in [0.15, 0.2) is 0 Å². The van der Waals surface area contributed by atoms with Crippen molar-refractivity contribution in [3.63, 3.8) is 0 Å². The second kappa shape index (κ2) is 5.88. The third-order valence-electron chi connectivity index (χ3n) is 2.83. The minimum Gasteiger partial charge on any atom is -0.481 e. The topological polar surface area (TPSA) is 72.2 Å². The molecule has 0 aliphatic carbocycles. The number of carboxylic acids is 1. The molecule has 0 saturated heterocycles. The molecule has 20 heavy (non-hydrogen) atoms. The van der Waals surface area contributed by atoms with Gasteiger partial charge in [-0.25, -0.2) is 4.98 Å². The summed E-state index contributed by atoms with van der Waals surface area (Å²) in [6.45, 7) is 3.69. The molecule has 0 aliphatic heterocycles. The van der Waals surface area contributed by atoms with Crippen LogP contribution in [0.25, 0.3) is 10.9 Å². The molecule has 1 aromatic carbocycles. The molecule has 0 saturated carbocycles. The Kier molecular flexibility index (Phi) is 4.20. The summed E-state index contributed by atoms with van der Waals surface area (Å²) in [5.74, 6) is -0.540. The summed E-state index contributed by atoms with van der Waals surface area (Å²) >= 11 is 5.77. The fraction of sp³-hybridized carbons (Fsp3) is 0.214. The van der Waals surface area contributed by atoms with Crippen molar-refractivity contribution in [3.05, 3.63) is 52.1 Å². The molecule has 5 nitrogen and oxygen atoms in total. The number of benzene rings is 1. The lowest BCUT2D eigenvalue weighted by atomic mass is 10.2. The Hall–Kier alpha value is -2.14. The highest BCUT2D eigenvalue weighted by molar-refractivity contribution is 6.29. The summed E-state index contributed by atoms with van der Waals surface area (Å²) in [7, 11) is 0. The van der Waals surface area contributed by atoms with Gasteiger partial charge in [0.05, 0.1) is 23.9 Å². The Morgan fingerprint density at radius 2 is 2.10 bits per heavy atom. The van der Waals surface area contributed by atoms with Gasteiger partial charge in [0.25, 0.3) is 5.56 Å². The summed E-state index contributed by atoms with van der Waals surface area (Å²) in [6, 6.07) is 6.93. The van der Waals surface area contributed by atoms with Crippen LogP contribution in [0.1, 0.15) is 12.2 Å². The molecule has 0 atom stereocenters. The number of allylic oxidation sites excluding steroid dienone is 1. The molecule has 2 rings (SSSR count). The largest absolute Gasteiger partial charge is 0.481 e. The number of halogens is 1. The summed E-state index contributed by atoms with van der Waals surface area (Å²) in [5, 5.41) is 9.54. The van der Waals surface area contributed by atoms with E-state index in [1.54, 1.807) is 24.3 Å². The average molecular weight is 293 g/mol. The van der Waals surface area contributed by atoms with E-state index in [0.717, 1.165) is 0 Å². The zero-order valence-electron chi connectivity index (χ0n) is 10.7. The zero-order chi connectivity index (χ0) is 14.7. The fourth-order valence-corrected chi connectivity index (χ4v) is 2.08.